The Bertz CT molecular complexity index is 868. The standard InChI is InChI=1S/C18H14BrN3O2/c19-15-6-1-13(2-7-15)3-10-18(24)14-4-8-17(9-5-14)22-11-16(12-23)20-21-22/h1-11,23H,12H2/b10-3+. The molecular formula is C18H14BrN3O2. The largest absolute Gasteiger partial charge is 0.390 e. The molecule has 0 unspecified atom stereocenters. The van der Waals surface area contributed by atoms with E-state index in [0.29, 0.717) is 11.3 Å². The smallest absolute Gasteiger partial charge is 0.185 e. The summed E-state index contributed by atoms with van der Waals surface area (Å²) in [5, 5.41) is 16.8. The van der Waals surface area contributed by atoms with E-state index in [1.807, 2.05) is 24.3 Å². The number of hydrogen-bond acceptors (Lipinski definition) is 4. The molecule has 1 heterocycles. The summed E-state index contributed by atoms with van der Waals surface area (Å²) in [6.45, 7) is -0.155. The molecule has 0 radical (unpaired) electrons. The number of halogens is 1. The minimum Gasteiger partial charge on any atom is -0.390 e. The van der Waals surface area contributed by atoms with Crippen molar-refractivity contribution >= 4 is 27.8 Å². The summed E-state index contributed by atoms with van der Waals surface area (Å²) in [5.41, 5.74) is 2.82. The van der Waals surface area contributed by atoms with E-state index in [1.54, 1.807) is 47.3 Å². The zero-order chi connectivity index (χ0) is 16.9. The van der Waals surface area contributed by atoms with Crippen molar-refractivity contribution < 1.29 is 9.90 Å². The number of aromatic nitrogens is 3. The quantitative estimate of drug-likeness (QED) is 0.541. The van der Waals surface area contributed by atoms with Gasteiger partial charge >= 0.3 is 0 Å². The van der Waals surface area contributed by atoms with E-state index in [2.05, 4.69) is 26.2 Å². The summed E-state index contributed by atoms with van der Waals surface area (Å²) in [7, 11) is 0. The molecule has 0 atom stereocenters. The van der Waals surface area contributed by atoms with Gasteiger partial charge in [-0.2, -0.15) is 0 Å². The van der Waals surface area contributed by atoms with Gasteiger partial charge in [0.25, 0.3) is 0 Å². The lowest BCUT2D eigenvalue weighted by Crippen LogP contribution is -1.98. The Kier molecular flexibility index (Phi) is 4.98. The van der Waals surface area contributed by atoms with Gasteiger partial charge in [-0.1, -0.05) is 39.4 Å². The molecule has 3 rings (SSSR count). The van der Waals surface area contributed by atoms with Gasteiger partial charge in [0.2, 0.25) is 0 Å². The summed E-state index contributed by atoms with van der Waals surface area (Å²) < 4.78 is 2.55. The third-order valence-corrected chi connectivity index (χ3v) is 3.95. The SMILES string of the molecule is O=C(/C=C/c1ccc(Br)cc1)c1ccc(-n2cc(CO)nn2)cc1. The average Bonchev–Trinajstić information content (AvgIpc) is 3.10. The topological polar surface area (TPSA) is 68.0 Å². The molecule has 1 aromatic heterocycles. The molecule has 0 aliphatic rings. The predicted octanol–water partition coefficient (Wildman–Crippen LogP) is 3.42. The molecule has 0 saturated carbocycles. The van der Waals surface area contributed by atoms with Crippen molar-refractivity contribution in [2.75, 3.05) is 0 Å². The minimum atomic E-state index is -0.155. The van der Waals surface area contributed by atoms with Crippen molar-refractivity contribution in [3.05, 3.63) is 82.1 Å². The van der Waals surface area contributed by atoms with Crippen molar-refractivity contribution in [2.45, 2.75) is 6.61 Å². The van der Waals surface area contributed by atoms with Crippen LogP contribution in [0.15, 0.2) is 65.3 Å². The Balaban J connectivity index is 1.72. The Hall–Kier alpha value is -2.57. The molecule has 0 aliphatic carbocycles. The van der Waals surface area contributed by atoms with E-state index in [1.165, 1.54) is 0 Å². The van der Waals surface area contributed by atoms with Crippen LogP contribution < -0.4 is 0 Å². The van der Waals surface area contributed by atoms with Crippen LogP contribution in [0.25, 0.3) is 11.8 Å². The first-order valence-corrected chi connectivity index (χ1v) is 8.05. The lowest BCUT2D eigenvalue weighted by molar-refractivity contribution is 0.104. The molecule has 2 aromatic carbocycles. The molecule has 0 aliphatic heterocycles. The molecular weight excluding hydrogens is 370 g/mol. The second-order valence-electron chi connectivity index (χ2n) is 5.11. The van der Waals surface area contributed by atoms with Crippen molar-refractivity contribution in [1.29, 1.82) is 0 Å². The van der Waals surface area contributed by atoms with Crippen molar-refractivity contribution in [3.63, 3.8) is 0 Å². The van der Waals surface area contributed by atoms with Crippen LogP contribution in [0.5, 0.6) is 0 Å². The van der Waals surface area contributed by atoms with Crippen LogP contribution in [0.4, 0.5) is 0 Å². The van der Waals surface area contributed by atoms with E-state index in [9.17, 15) is 4.79 Å². The van der Waals surface area contributed by atoms with Gasteiger partial charge in [-0.25, -0.2) is 4.68 Å². The first kappa shape index (κ1) is 16.3. The number of ketones is 1. The van der Waals surface area contributed by atoms with Gasteiger partial charge in [0.15, 0.2) is 5.78 Å². The second-order valence-corrected chi connectivity index (χ2v) is 6.02. The van der Waals surface area contributed by atoms with Gasteiger partial charge in [0.05, 0.1) is 18.5 Å². The molecule has 6 heteroatoms. The van der Waals surface area contributed by atoms with Crippen LogP contribution >= 0.6 is 15.9 Å². The molecule has 0 amide bonds. The molecule has 0 spiro atoms. The summed E-state index contributed by atoms with van der Waals surface area (Å²) in [5.74, 6) is -0.0703. The molecule has 0 fully saturated rings. The highest BCUT2D eigenvalue weighted by atomic mass is 79.9. The third-order valence-electron chi connectivity index (χ3n) is 3.42. The lowest BCUT2D eigenvalue weighted by Gasteiger charge is -2.01. The third kappa shape index (κ3) is 3.84. The fraction of sp³-hybridized carbons (Fsp3) is 0.0556. The predicted molar refractivity (Wildman–Crippen MR) is 94.8 cm³/mol. The Morgan fingerprint density at radius 1 is 1.12 bits per heavy atom. The van der Waals surface area contributed by atoms with Crippen LogP contribution in [-0.4, -0.2) is 25.9 Å². The molecule has 3 aromatic rings. The number of allylic oxidation sites excluding steroid dienone is 1. The molecule has 5 nitrogen and oxygen atoms in total. The first-order chi connectivity index (χ1) is 11.7. The van der Waals surface area contributed by atoms with Crippen LogP contribution in [0.2, 0.25) is 0 Å². The number of hydrogen-bond donors (Lipinski definition) is 1. The highest BCUT2D eigenvalue weighted by molar-refractivity contribution is 9.10. The zero-order valence-electron chi connectivity index (χ0n) is 12.6. The van der Waals surface area contributed by atoms with Gasteiger partial charge in [-0.05, 0) is 48.0 Å². The maximum Gasteiger partial charge on any atom is 0.185 e. The highest BCUT2D eigenvalue weighted by Crippen LogP contribution is 2.13. The lowest BCUT2D eigenvalue weighted by atomic mass is 10.1. The van der Waals surface area contributed by atoms with E-state index < -0.39 is 0 Å². The van der Waals surface area contributed by atoms with Crippen LogP contribution in [-0.2, 0) is 6.61 Å². The van der Waals surface area contributed by atoms with Gasteiger partial charge in [-0.3, -0.25) is 4.79 Å². The number of benzene rings is 2. The van der Waals surface area contributed by atoms with Gasteiger partial charge in [0.1, 0.15) is 5.69 Å². The maximum absolute atomic E-state index is 12.2. The van der Waals surface area contributed by atoms with Crippen molar-refractivity contribution in [3.8, 4) is 5.69 Å². The number of nitrogens with zero attached hydrogens (tertiary/aromatic N) is 3. The Labute approximate surface area is 147 Å². The van der Waals surface area contributed by atoms with Crippen LogP contribution in [0.3, 0.4) is 0 Å². The average molecular weight is 384 g/mol. The first-order valence-electron chi connectivity index (χ1n) is 7.26. The van der Waals surface area contributed by atoms with Gasteiger partial charge in [-0.15, -0.1) is 5.10 Å². The van der Waals surface area contributed by atoms with Gasteiger partial charge < -0.3 is 5.11 Å². The monoisotopic (exact) mass is 383 g/mol. The number of aliphatic hydroxyl groups excluding tert-OH is 1. The number of carbonyl (C=O) groups is 1. The Morgan fingerprint density at radius 2 is 1.83 bits per heavy atom. The summed E-state index contributed by atoms with van der Waals surface area (Å²) in [4.78, 5) is 12.2. The summed E-state index contributed by atoms with van der Waals surface area (Å²) >= 11 is 3.38. The minimum absolute atomic E-state index is 0.0703. The number of carbonyl (C=O) groups excluding carboxylic acids is 1. The molecule has 120 valence electrons. The molecule has 0 bridgehead atoms. The van der Waals surface area contributed by atoms with Gasteiger partial charge in [0, 0.05) is 10.0 Å². The zero-order valence-corrected chi connectivity index (χ0v) is 14.2. The molecule has 0 saturated heterocycles. The summed E-state index contributed by atoms with van der Waals surface area (Å²) in [6.07, 6.45) is 4.98. The van der Waals surface area contributed by atoms with E-state index in [4.69, 9.17) is 5.11 Å². The number of aliphatic hydroxyl groups is 1. The van der Waals surface area contributed by atoms with Crippen LogP contribution in [0, 0.1) is 0 Å². The van der Waals surface area contributed by atoms with E-state index in [-0.39, 0.29) is 12.4 Å². The fourth-order valence-electron chi connectivity index (χ4n) is 2.12. The van der Waals surface area contributed by atoms with Crippen molar-refractivity contribution in [1.82, 2.24) is 15.0 Å². The Morgan fingerprint density at radius 3 is 2.46 bits per heavy atom. The van der Waals surface area contributed by atoms with E-state index in [0.717, 1.165) is 15.7 Å². The summed E-state index contributed by atoms with van der Waals surface area (Å²) in [6, 6.07) is 14.8. The normalized spacial score (nSPS) is 11.1. The number of rotatable bonds is 5. The molecule has 24 heavy (non-hydrogen) atoms. The molecule has 1 N–H and O–H groups in total. The fourth-order valence-corrected chi connectivity index (χ4v) is 2.38. The second kappa shape index (κ2) is 7.33. The maximum atomic E-state index is 12.2. The van der Waals surface area contributed by atoms with Crippen molar-refractivity contribution in [2.24, 2.45) is 0 Å². The van der Waals surface area contributed by atoms with E-state index >= 15 is 0 Å². The highest BCUT2D eigenvalue weighted by Gasteiger charge is 2.05. The van der Waals surface area contributed by atoms with Crippen LogP contribution in [0.1, 0.15) is 21.6 Å².